The highest BCUT2D eigenvalue weighted by atomic mass is 32.2. The maximum atomic E-state index is 13.8. The lowest BCUT2D eigenvalue weighted by atomic mass is 10.1. The predicted molar refractivity (Wildman–Crippen MR) is 172 cm³/mol. The van der Waals surface area contributed by atoms with E-state index < -0.39 is 9.84 Å². The van der Waals surface area contributed by atoms with Gasteiger partial charge in [-0.2, -0.15) is 0 Å². The van der Waals surface area contributed by atoms with Gasteiger partial charge in [0.15, 0.2) is 9.84 Å². The Bertz CT molecular complexity index is 1410. The van der Waals surface area contributed by atoms with Crippen molar-refractivity contribution in [3.05, 3.63) is 59.4 Å². The van der Waals surface area contributed by atoms with Gasteiger partial charge in [0.1, 0.15) is 5.82 Å². The van der Waals surface area contributed by atoms with E-state index in [1.165, 1.54) is 38.6 Å². The molecule has 0 unspecified atom stereocenters. The Morgan fingerprint density at radius 2 is 1.55 bits per heavy atom. The SMILES string of the molecule is CC(C)CCN(CCC(C)C)C(=O)c1ccc2nc(Cc3ccc(S(C)(=O)=O)cc3)n(CCCN3CCCCC3)c2c1. The summed E-state index contributed by atoms with van der Waals surface area (Å²) in [5.41, 5.74) is 3.62. The van der Waals surface area contributed by atoms with Crippen LogP contribution < -0.4 is 0 Å². The number of amides is 1. The van der Waals surface area contributed by atoms with Crippen molar-refractivity contribution in [2.24, 2.45) is 11.8 Å². The van der Waals surface area contributed by atoms with Gasteiger partial charge in [-0.25, -0.2) is 13.4 Å². The molecule has 2 heterocycles. The van der Waals surface area contributed by atoms with Crippen molar-refractivity contribution in [3.8, 4) is 0 Å². The molecule has 1 amide bonds. The minimum absolute atomic E-state index is 0.0946. The highest BCUT2D eigenvalue weighted by Gasteiger charge is 2.20. The van der Waals surface area contributed by atoms with Crippen LogP contribution in [0, 0.1) is 11.8 Å². The molecule has 0 atom stereocenters. The lowest BCUT2D eigenvalue weighted by Gasteiger charge is -2.26. The highest BCUT2D eigenvalue weighted by Crippen LogP contribution is 2.23. The molecule has 1 aliphatic heterocycles. The van der Waals surface area contributed by atoms with E-state index in [4.69, 9.17) is 4.98 Å². The molecular formula is C34H50N4O3S. The molecule has 0 radical (unpaired) electrons. The molecule has 1 aromatic heterocycles. The fourth-order valence-electron chi connectivity index (χ4n) is 5.69. The number of hydrogen-bond donors (Lipinski definition) is 0. The van der Waals surface area contributed by atoms with Gasteiger partial charge in [0.25, 0.3) is 5.91 Å². The average Bonchev–Trinajstić information content (AvgIpc) is 3.29. The van der Waals surface area contributed by atoms with E-state index in [0.29, 0.717) is 23.2 Å². The van der Waals surface area contributed by atoms with Crippen LogP contribution in [0.4, 0.5) is 0 Å². The van der Waals surface area contributed by atoms with Crippen molar-refractivity contribution in [2.45, 2.75) is 84.1 Å². The summed E-state index contributed by atoms with van der Waals surface area (Å²) in [6.07, 6.45) is 8.70. The van der Waals surface area contributed by atoms with E-state index in [9.17, 15) is 13.2 Å². The van der Waals surface area contributed by atoms with Crippen LogP contribution in [0.3, 0.4) is 0 Å². The minimum Gasteiger partial charge on any atom is -0.339 e. The summed E-state index contributed by atoms with van der Waals surface area (Å²) in [6.45, 7) is 14.6. The zero-order valence-electron chi connectivity index (χ0n) is 26.3. The number of likely N-dealkylation sites (tertiary alicyclic amines) is 1. The Kier molecular flexibility index (Phi) is 11.2. The first-order valence-corrected chi connectivity index (χ1v) is 17.7. The number of benzene rings is 2. The average molecular weight is 595 g/mol. The molecule has 4 rings (SSSR count). The summed E-state index contributed by atoms with van der Waals surface area (Å²) >= 11 is 0. The Labute approximate surface area is 253 Å². The number of carbonyl (C=O) groups is 1. The number of fused-ring (bicyclic) bond motifs is 1. The van der Waals surface area contributed by atoms with Gasteiger partial charge in [-0.3, -0.25) is 4.79 Å². The van der Waals surface area contributed by atoms with Crippen molar-refractivity contribution in [2.75, 3.05) is 39.0 Å². The molecule has 1 saturated heterocycles. The summed E-state index contributed by atoms with van der Waals surface area (Å²) in [6, 6.07) is 13.1. The van der Waals surface area contributed by atoms with Crippen molar-refractivity contribution in [1.29, 1.82) is 0 Å². The normalized spacial score (nSPS) is 14.7. The fourth-order valence-corrected chi connectivity index (χ4v) is 6.32. The van der Waals surface area contributed by atoms with E-state index >= 15 is 0 Å². The summed E-state index contributed by atoms with van der Waals surface area (Å²) in [4.78, 5) is 23.7. The van der Waals surface area contributed by atoms with Gasteiger partial charge in [-0.15, -0.1) is 0 Å². The van der Waals surface area contributed by atoms with Crippen LogP contribution in [-0.2, 0) is 22.8 Å². The number of carbonyl (C=O) groups excluding carboxylic acids is 1. The Morgan fingerprint density at radius 3 is 2.14 bits per heavy atom. The number of nitrogens with zero attached hydrogens (tertiary/aromatic N) is 4. The lowest BCUT2D eigenvalue weighted by molar-refractivity contribution is 0.0741. The zero-order valence-corrected chi connectivity index (χ0v) is 27.1. The number of aryl methyl sites for hydroxylation is 1. The molecule has 7 nitrogen and oxygen atoms in total. The molecule has 0 bridgehead atoms. The second-order valence-electron chi connectivity index (χ2n) is 12.9. The maximum absolute atomic E-state index is 13.8. The van der Waals surface area contributed by atoms with Crippen molar-refractivity contribution < 1.29 is 13.2 Å². The third-order valence-electron chi connectivity index (χ3n) is 8.33. The van der Waals surface area contributed by atoms with E-state index in [1.54, 1.807) is 12.1 Å². The number of piperidine rings is 1. The van der Waals surface area contributed by atoms with Crippen molar-refractivity contribution in [1.82, 2.24) is 19.4 Å². The molecule has 0 aliphatic carbocycles. The van der Waals surface area contributed by atoms with E-state index in [2.05, 4.69) is 37.2 Å². The van der Waals surface area contributed by atoms with Crippen LogP contribution >= 0.6 is 0 Å². The third-order valence-corrected chi connectivity index (χ3v) is 9.46. The summed E-state index contributed by atoms with van der Waals surface area (Å²) < 4.78 is 26.2. The van der Waals surface area contributed by atoms with Crippen molar-refractivity contribution in [3.63, 3.8) is 0 Å². The lowest BCUT2D eigenvalue weighted by Crippen LogP contribution is -2.34. The monoisotopic (exact) mass is 594 g/mol. The van der Waals surface area contributed by atoms with Gasteiger partial charge in [-0.1, -0.05) is 46.2 Å². The van der Waals surface area contributed by atoms with Gasteiger partial charge in [0, 0.05) is 37.9 Å². The van der Waals surface area contributed by atoms with Gasteiger partial charge in [0.05, 0.1) is 15.9 Å². The first-order valence-electron chi connectivity index (χ1n) is 15.8. The second-order valence-corrected chi connectivity index (χ2v) is 14.9. The molecule has 8 heteroatoms. The van der Waals surface area contributed by atoms with Gasteiger partial charge >= 0.3 is 0 Å². The molecule has 1 aliphatic rings. The van der Waals surface area contributed by atoms with E-state index in [-0.39, 0.29) is 5.91 Å². The molecule has 3 aromatic rings. The van der Waals surface area contributed by atoms with Crippen LogP contribution in [0.1, 0.15) is 88.0 Å². The Balaban J connectivity index is 1.63. The quantitative estimate of drug-likeness (QED) is 0.215. The molecule has 1 fully saturated rings. The summed E-state index contributed by atoms with van der Waals surface area (Å²) in [7, 11) is -3.24. The maximum Gasteiger partial charge on any atom is 0.253 e. The number of hydrogen-bond acceptors (Lipinski definition) is 5. The second kappa shape index (κ2) is 14.6. The number of aromatic nitrogens is 2. The molecule has 230 valence electrons. The molecule has 0 spiro atoms. The Morgan fingerprint density at radius 1 is 0.905 bits per heavy atom. The number of rotatable bonds is 14. The number of imidazole rings is 1. The molecule has 42 heavy (non-hydrogen) atoms. The summed E-state index contributed by atoms with van der Waals surface area (Å²) in [5, 5.41) is 0. The minimum atomic E-state index is -3.24. The Hall–Kier alpha value is -2.71. The van der Waals surface area contributed by atoms with Crippen LogP contribution in [0.25, 0.3) is 11.0 Å². The standard InChI is InChI=1S/C34H50N4O3S/c1-26(2)16-22-37(23-17-27(3)4)34(39)29-12-15-31-32(25-29)38(21-9-20-36-18-7-6-8-19-36)33(35-31)24-28-10-13-30(14-11-28)42(5,40)41/h10-15,25-27H,6-9,16-24H2,1-5H3. The first kappa shape index (κ1) is 32.2. The summed E-state index contributed by atoms with van der Waals surface area (Å²) in [5.74, 6) is 2.11. The van der Waals surface area contributed by atoms with Crippen LogP contribution in [-0.4, -0.2) is 72.7 Å². The topological polar surface area (TPSA) is 75.5 Å². The first-order chi connectivity index (χ1) is 20.0. The van der Waals surface area contributed by atoms with Crippen LogP contribution in [0.2, 0.25) is 0 Å². The number of sulfone groups is 1. The van der Waals surface area contributed by atoms with E-state index in [1.807, 2.05) is 35.2 Å². The molecule has 2 aromatic carbocycles. The van der Waals surface area contributed by atoms with E-state index in [0.717, 1.165) is 73.4 Å². The third kappa shape index (κ3) is 8.90. The van der Waals surface area contributed by atoms with Gasteiger partial charge in [-0.05, 0) is 99.5 Å². The van der Waals surface area contributed by atoms with Crippen LogP contribution in [0.5, 0.6) is 0 Å². The van der Waals surface area contributed by atoms with Gasteiger partial charge < -0.3 is 14.4 Å². The molecule has 0 saturated carbocycles. The predicted octanol–water partition coefficient (Wildman–Crippen LogP) is 6.44. The largest absolute Gasteiger partial charge is 0.339 e. The molecule has 0 N–H and O–H groups in total. The van der Waals surface area contributed by atoms with Gasteiger partial charge in [0.2, 0.25) is 0 Å². The fraction of sp³-hybridized carbons (Fsp3) is 0.588. The molecular weight excluding hydrogens is 544 g/mol. The smallest absolute Gasteiger partial charge is 0.253 e. The zero-order chi connectivity index (χ0) is 30.3. The highest BCUT2D eigenvalue weighted by molar-refractivity contribution is 7.90. The van der Waals surface area contributed by atoms with Crippen LogP contribution in [0.15, 0.2) is 47.4 Å². The van der Waals surface area contributed by atoms with Crippen molar-refractivity contribution >= 4 is 26.8 Å².